The van der Waals surface area contributed by atoms with Crippen LogP contribution in [0.3, 0.4) is 0 Å². The standard InChI is InChI=1S/C12H22N2O2/c1-9-11(3-2-6-13-9)14-12(15)10-4-7-16-8-5-10/h9-11,13H,2-8H2,1H3,(H,14,15). The van der Waals surface area contributed by atoms with E-state index in [9.17, 15) is 4.79 Å². The minimum atomic E-state index is 0.169. The van der Waals surface area contributed by atoms with Crippen LogP contribution in [0.15, 0.2) is 0 Å². The molecule has 2 aliphatic heterocycles. The molecular weight excluding hydrogens is 204 g/mol. The van der Waals surface area contributed by atoms with E-state index in [0.29, 0.717) is 12.1 Å². The van der Waals surface area contributed by atoms with Crippen LogP contribution < -0.4 is 10.6 Å². The molecule has 0 aromatic carbocycles. The molecule has 2 heterocycles. The Balaban J connectivity index is 1.80. The summed E-state index contributed by atoms with van der Waals surface area (Å²) in [5, 5.41) is 6.58. The molecule has 1 amide bonds. The van der Waals surface area contributed by atoms with Crippen LogP contribution in [0.4, 0.5) is 0 Å². The van der Waals surface area contributed by atoms with E-state index in [-0.39, 0.29) is 11.8 Å². The number of amides is 1. The highest BCUT2D eigenvalue weighted by Gasteiger charge is 2.27. The second kappa shape index (κ2) is 5.64. The van der Waals surface area contributed by atoms with Crippen molar-refractivity contribution >= 4 is 5.91 Å². The summed E-state index contributed by atoms with van der Waals surface area (Å²) < 4.78 is 5.27. The van der Waals surface area contributed by atoms with Crippen LogP contribution >= 0.6 is 0 Å². The van der Waals surface area contributed by atoms with E-state index in [2.05, 4.69) is 17.6 Å². The maximum Gasteiger partial charge on any atom is 0.223 e. The van der Waals surface area contributed by atoms with Gasteiger partial charge in [-0.3, -0.25) is 4.79 Å². The minimum Gasteiger partial charge on any atom is -0.381 e. The maximum absolute atomic E-state index is 12.0. The summed E-state index contributed by atoms with van der Waals surface area (Å²) in [5.41, 5.74) is 0. The van der Waals surface area contributed by atoms with Crippen molar-refractivity contribution in [2.24, 2.45) is 5.92 Å². The van der Waals surface area contributed by atoms with Crippen molar-refractivity contribution in [1.82, 2.24) is 10.6 Å². The van der Waals surface area contributed by atoms with Crippen LogP contribution in [0.2, 0.25) is 0 Å². The first-order chi connectivity index (χ1) is 7.77. The van der Waals surface area contributed by atoms with Crippen LogP contribution in [-0.4, -0.2) is 37.7 Å². The summed E-state index contributed by atoms with van der Waals surface area (Å²) in [6.07, 6.45) is 4.01. The minimum absolute atomic E-state index is 0.169. The van der Waals surface area contributed by atoms with Crippen molar-refractivity contribution in [3.63, 3.8) is 0 Å². The van der Waals surface area contributed by atoms with E-state index in [1.165, 1.54) is 0 Å². The fourth-order valence-electron chi connectivity index (χ4n) is 2.50. The topological polar surface area (TPSA) is 50.4 Å². The van der Waals surface area contributed by atoms with Gasteiger partial charge < -0.3 is 15.4 Å². The van der Waals surface area contributed by atoms with E-state index in [4.69, 9.17) is 4.74 Å². The van der Waals surface area contributed by atoms with Gasteiger partial charge in [0, 0.05) is 31.2 Å². The summed E-state index contributed by atoms with van der Waals surface area (Å²) in [5.74, 6) is 0.395. The largest absolute Gasteiger partial charge is 0.381 e. The smallest absolute Gasteiger partial charge is 0.223 e. The van der Waals surface area contributed by atoms with Crippen molar-refractivity contribution in [2.75, 3.05) is 19.8 Å². The Morgan fingerprint density at radius 3 is 2.75 bits per heavy atom. The molecule has 4 nitrogen and oxygen atoms in total. The monoisotopic (exact) mass is 226 g/mol. The predicted molar refractivity (Wildman–Crippen MR) is 62.2 cm³/mol. The van der Waals surface area contributed by atoms with Gasteiger partial charge in [0.05, 0.1) is 0 Å². The zero-order valence-corrected chi connectivity index (χ0v) is 10.00. The number of carbonyl (C=O) groups excluding carboxylic acids is 1. The molecule has 2 saturated heterocycles. The van der Waals surface area contributed by atoms with Gasteiger partial charge in [0.15, 0.2) is 0 Å². The Labute approximate surface area is 97.1 Å². The molecule has 2 unspecified atom stereocenters. The molecule has 2 fully saturated rings. The van der Waals surface area contributed by atoms with Crippen LogP contribution in [0.5, 0.6) is 0 Å². The zero-order valence-electron chi connectivity index (χ0n) is 10.00. The average molecular weight is 226 g/mol. The molecule has 0 aromatic heterocycles. The lowest BCUT2D eigenvalue weighted by Crippen LogP contribution is -2.53. The second-order valence-corrected chi connectivity index (χ2v) is 4.89. The van der Waals surface area contributed by atoms with Gasteiger partial charge in [-0.05, 0) is 39.2 Å². The van der Waals surface area contributed by atoms with Gasteiger partial charge in [-0.25, -0.2) is 0 Å². The quantitative estimate of drug-likeness (QED) is 0.727. The molecule has 92 valence electrons. The van der Waals surface area contributed by atoms with Crippen molar-refractivity contribution in [1.29, 1.82) is 0 Å². The molecular formula is C12H22N2O2. The van der Waals surface area contributed by atoms with Crippen molar-refractivity contribution < 1.29 is 9.53 Å². The van der Waals surface area contributed by atoms with Gasteiger partial charge in [0.25, 0.3) is 0 Å². The van der Waals surface area contributed by atoms with Gasteiger partial charge >= 0.3 is 0 Å². The Morgan fingerprint density at radius 2 is 2.06 bits per heavy atom. The highest BCUT2D eigenvalue weighted by molar-refractivity contribution is 5.79. The summed E-state index contributed by atoms with van der Waals surface area (Å²) in [4.78, 5) is 12.0. The molecule has 2 aliphatic rings. The van der Waals surface area contributed by atoms with Gasteiger partial charge in [0.2, 0.25) is 5.91 Å². The molecule has 0 radical (unpaired) electrons. The molecule has 16 heavy (non-hydrogen) atoms. The number of carbonyl (C=O) groups is 1. The van der Waals surface area contributed by atoms with Crippen molar-refractivity contribution in [3.05, 3.63) is 0 Å². The number of hydrogen-bond donors (Lipinski definition) is 2. The average Bonchev–Trinajstić information content (AvgIpc) is 2.33. The lowest BCUT2D eigenvalue weighted by molar-refractivity contribution is -0.128. The van der Waals surface area contributed by atoms with E-state index in [1.54, 1.807) is 0 Å². The van der Waals surface area contributed by atoms with Gasteiger partial charge in [-0.15, -0.1) is 0 Å². The summed E-state index contributed by atoms with van der Waals surface area (Å²) in [6.45, 7) is 4.69. The van der Waals surface area contributed by atoms with Gasteiger partial charge in [0.1, 0.15) is 0 Å². The summed E-state index contributed by atoms with van der Waals surface area (Å²) in [7, 11) is 0. The zero-order chi connectivity index (χ0) is 11.4. The number of ether oxygens (including phenoxy) is 1. The highest BCUT2D eigenvalue weighted by Crippen LogP contribution is 2.16. The molecule has 4 heteroatoms. The lowest BCUT2D eigenvalue weighted by atomic mass is 9.96. The third-order valence-electron chi connectivity index (χ3n) is 3.68. The van der Waals surface area contributed by atoms with Crippen molar-refractivity contribution in [2.45, 2.75) is 44.7 Å². The summed E-state index contributed by atoms with van der Waals surface area (Å²) >= 11 is 0. The molecule has 0 aliphatic carbocycles. The van der Waals surface area contributed by atoms with Crippen LogP contribution in [0.25, 0.3) is 0 Å². The van der Waals surface area contributed by atoms with Crippen LogP contribution in [0.1, 0.15) is 32.6 Å². The fourth-order valence-corrected chi connectivity index (χ4v) is 2.50. The molecule has 0 saturated carbocycles. The third kappa shape index (κ3) is 2.95. The SMILES string of the molecule is CC1NCCCC1NC(=O)C1CCOCC1. The number of nitrogens with one attached hydrogen (secondary N) is 2. The molecule has 0 bridgehead atoms. The first kappa shape index (κ1) is 11.9. The van der Waals surface area contributed by atoms with E-state index < -0.39 is 0 Å². The number of rotatable bonds is 2. The number of hydrogen-bond acceptors (Lipinski definition) is 3. The second-order valence-electron chi connectivity index (χ2n) is 4.89. The van der Waals surface area contributed by atoms with Crippen LogP contribution in [0, 0.1) is 5.92 Å². The summed E-state index contributed by atoms with van der Waals surface area (Å²) in [6, 6.07) is 0.710. The first-order valence-corrected chi connectivity index (χ1v) is 6.39. The van der Waals surface area contributed by atoms with E-state index in [0.717, 1.165) is 45.4 Å². The molecule has 2 N–H and O–H groups in total. The maximum atomic E-state index is 12.0. The fraction of sp³-hybridized carbons (Fsp3) is 0.917. The lowest BCUT2D eigenvalue weighted by Gasteiger charge is -2.32. The van der Waals surface area contributed by atoms with E-state index >= 15 is 0 Å². The molecule has 0 aromatic rings. The molecule has 2 atom stereocenters. The highest BCUT2D eigenvalue weighted by atomic mass is 16.5. The first-order valence-electron chi connectivity index (χ1n) is 6.39. The Hall–Kier alpha value is -0.610. The van der Waals surface area contributed by atoms with E-state index in [1.807, 2.05) is 0 Å². The Kier molecular flexibility index (Phi) is 4.18. The van der Waals surface area contributed by atoms with Gasteiger partial charge in [-0.2, -0.15) is 0 Å². The normalized spacial score (nSPS) is 32.3. The predicted octanol–water partition coefficient (Wildman–Crippen LogP) is 0.670. The van der Waals surface area contributed by atoms with Crippen LogP contribution in [-0.2, 0) is 9.53 Å². The molecule has 2 rings (SSSR count). The number of piperidine rings is 1. The van der Waals surface area contributed by atoms with Gasteiger partial charge in [-0.1, -0.05) is 0 Å². The van der Waals surface area contributed by atoms with Crippen molar-refractivity contribution in [3.8, 4) is 0 Å². The Morgan fingerprint density at radius 1 is 1.31 bits per heavy atom. The Bertz CT molecular complexity index is 239. The molecule has 0 spiro atoms. The third-order valence-corrected chi connectivity index (χ3v) is 3.68.